The van der Waals surface area contributed by atoms with Crippen LogP contribution in [0.2, 0.25) is 10.0 Å². The first-order chi connectivity index (χ1) is 13.7. The zero-order valence-corrected chi connectivity index (χ0v) is 18.5. The first-order valence-corrected chi connectivity index (χ1v) is 11.9. The number of carbonyl (C=O) groups is 1. The summed E-state index contributed by atoms with van der Waals surface area (Å²) in [6.45, 7) is 2.70. The summed E-state index contributed by atoms with van der Waals surface area (Å²) in [4.78, 5) is 16.8. The molecule has 2 aromatic carbocycles. The highest BCUT2D eigenvalue weighted by Gasteiger charge is 2.16. The van der Waals surface area contributed by atoms with Gasteiger partial charge in [0.1, 0.15) is 0 Å². The van der Waals surface area contributed by atoms with E-state index in [1.165, 1.54) is 23.9 Å². The van der Waals surface area contributed by atoms with Crippen molar-refractivity contribution in [1.29, 1.82) is 0 Å². The van der Waals surface area contributed by atoms with E-state index >= 15 is 0 Å². The van der Waals surface area contributed by atoms with Crippen LogP contribution in [-0.4, -0.2) is 29.6 Å². The molecule has 0 radical (unpaired) electrons. The minimum atomic E-state index is -3.82. The molecule has 0 spiro atoms. The monoisotopic (exact) mass is 472 g/mol. The number of benzene rings is 2. The van der Waals surface area contributed by atoms with Gasteiger partial charge in [-0.1, -0.05) is 41.9 Å². The predicted octanol–water partition coefficient (Wildman–Crippen LogP) is 4.13. The Balaban J connectivity index is 1.82. The molecule has 1 amide bonds. The summed E-state index contributed by atoms with van der Waals surface area (Å²) < 4.78 is 25.1. The van der Waals surface area contributed by atoms with E-state index in [0.717, 1.165) is 11.9 Å². The largest absolute Gasteiger partial charge is 0.324 e. The molecule has 0 saturated heterocycles. The van der Waals surface area contributed by atoms with Gasteiger partial charge in [0.15, 0.2) is 5.16 Å². The molecular weight excluding hydrogens is 455 g/mol. The third-order valence-electron chi connectivity index (χ3n) is 4.00. The molecule has 7 nitrogen and oxygen atoms in total. The van der Waals surface area contributed by atoms with Gasteiger partial charge in [0, 0.05) is 11.6 Å². The molecule has 154 valence electrons. The second-order valence-corrected chi connectivity index (χ2v) is 9.55. The summed E-state index contributed by atoms with van der Waals surface area (Å²) in [6.07, 6.45) is 0.847. The molecule has 0 aliphatic carbocycles. The normalized spacial score (nSPS) is 11.7. The van der Waals surface area contributed by atoms with Crippen LogP contribution < -0.4 is 10.5 Å². The number of aromatic nitrogens is 2. The Labute approximate surface area is 182 Å². The van der Waals surface area contributed by atoms with Crippen LogP contribution in [0.25, 0.3) is 11.0 Å². The Morgan fingerprint density at radius 1 is 1.24 bits per heavy atom. The van der Waals surface area contributed by atoms with Gasteiger partial charge in [-0.05, 0) is 42.8 Å². The van der Waals surface area contributed by atoms with Gasteiger partial charge in [-0.3, -0.25) is 4.79 Å². The number of imidazole rings is 1. The van der Waals surface area contributed by atoms with Crippen molar-refractivity contribution in [2.24, 2.45) is 5.14 Å². The van der Waals surface area contributed by atoms with E-state index < -0.39 is 10.0 Å². The number of primary sulfonamides is 1. The van der Waals surface area contributed by atoms with Gasteiger partial charge in [-0.15, -0.1) is 0 Å². The lowest BCUT2D eigenvalue weighted by Crippen LogP contribution is -2.15. The van der Waals surface area contributed by atoms with Crippen LogP contribution in [0.15, 0.2) is 46.5 Å². The zero-order chi connectivity index (χ0) is 21.2. The number of carbonyl (C=O) groups excluding carboxylic acids is 1. The van der Waals surface area contributed by atoms with E-state index in [1.807, 2.05) is 11.5 Å². The molecule has 3 aromatic rings. The topological polar surface area (TPSA) is 107 Å². The summed E-state index contributed by atoms with van der Waals surface area (Å²) in [7, 11) is -3.82. The third-order valence-corrected chi connectivity index (χ3v) is 6.45. The number of thioether (sulfide) groups is 1. The van der Waals surface area contributed by atoms with Crippen molar-refractivity contribution in [3.05, 3.63) is 46.4 Å². The van der Waals surface area contributed by atoms with Gasteiger partial charge in [-0.25, -0.2) is 18.5 Å². The fourth-order valence-electron chi connectivity index (χ4n) is 2.72. The highest BCUT2D eigenvalue weighted by molar-refractivity contribution is 7.99. The van der Waals surface area contributed by atoms with E-state index in [2.05, 4.69) is 10.3 Å². The van der Waals surface area contributed by atoms with E-state index in [9.17, 15) is 13.2 Å². The van der Waals surface area contributed by atoms with Crippen LogP contribution in [-0.2, 0) is 21.4 Å². The van der Waals surface area contributed by atoms with Crippen LogP contribution >= 0.6 is 35.0 Å². The van der Waals surface area contributed by atoms with Gasteiger partial charge < -0.3 is 9.88 Å². The Kier molecular flexibility index (Phi) is 6.75. The number of nitrogens with one attached hydrogen (secondary N) is 1. The number of nitrogens with zero attached hydrogens (tertiary/aromatic N) is 2. The lowest BCUT2D eigenvalue weighted by Gasteiger charge is -2.09. The summed E-state index contributed by atoms with van der Waals surface area (Å²) in [5.74, 6) is -0.169. The molecule has 3 rings (SSSR count). The second-order valence-electron chi connectivity index (χ2n) is 6.20. The number of aryl methyl sites for hydroxylation is 1. The quantitative estimate of drug-likeness (QED) is 0.502. The van der Waals surface area contributed by atoms with Crippen LogP contribution in [0.5, 0.6) is 0 Å². The molecule has 0 bridgehead atoms. The molecule has 1 aromatic heterocycles. The molecule has 0 aliphatic heterocycles. The van der Waals surface area contributed by atoms with Gasteiger partial charge in [0.05, 0.1) is 32.4 Å². The highest BCUT2D eigenvalue weighted by Crippen LogP contribution is 2.28. The smallest absolute Gasteiger partial charge is 0.238 e. The lowest BCUT2D eigenvalue weighted by atomic mass is 10.3. The first kappa shape index (κ1) is 21.9. The summed E-state index contributed by atoms with van der Waals surface area (Å²) in [6, 6.07) is 9.38. The average molecular weight is 473 g/mol. The number of hydrogen-bond acceptors (Lipinski definition) is 5. The van der Waals surface area contributed by atoms with Gasteiger partial charge in [-0.2, -0.15) is 0 Å². The van der Waals surface area contributed by atoms with Crippen molar-refractivity contribution in [1.82, 2.24) is 9.55 Å². The van der Waals surface area contributed by atoms with Crippen LogP contribution in [0.4, 0.5) is 5.69 Å². The number of sulfonamides is 1. The SMILES string of the molecule is CCCn1c(SCC(=O)Nc2cc(Cl)ccc2Cl)nc2cc(S(N)(=O)=O)ccc21. The maximum absolute atomic E-state index is 12.4. The maximum Gasteiger partial charge on any atom is 0.238 e. The highest BCUT2D eigenvalue weighted by atomic mass is 35.5. The summed E-state index contributed by atoms with van der Waals surface area (Å²) in [5, 5.41) is 9.40. The Morgan fingerprint density at radius 3 is 2.69 bits per heavy atom. The van der Waals surface area contributed by atoms with Crippen LogP contribution in [0, 0.1) is 0 Å². The third kappa shape index (κ3) is 5.23. The number of amides is 1. The van der Waals surface area contributed by atoms with E-state index in [4.69, 9.17) is 28.3 Å². The molecule has 3 N–H and O–H groups in total. The van der Waals surface area contributed by atoms with Crippen molar-refractivity contribution < 1.29 is 13.2 Å². The summed E-state index contributed by atoms with van der Waals surface area (Å²) >= 11 is 13.3. The van der Waals surface area contributed by atoms with E-state index in [-0.39, 0.29) is 16.6 Å². The van der Waals surface area contributed by atoms with Crippen molar-refractivity contribution in [2.45, 2.75) is 29.9 Å². The number of anilines is 1. The molecule has 0 saturated carbocycles. The predicted molar refractivity (Wildman–Crippen MR) is 117 cm³/mol. The van der Waals surface area contributed by atoms with Gasteiger partial charge in [0.2, 0.25) is 15.9 Å². The van der Waals surface area contributed by atoms with E-state index in [0.29, 0.717) is 33.0 Å². The van der Waals surface area contributed by atoms with Crippen LogP contribution in [0.1, 0.15) is 13.3 Å². The van der Waals surface area contributed by atoms with Gasteiger partial charge >= 0.3 is 0 Å². The molecule has 0 unspecified atom stereocenters. The van der Waals surface area contributed by atoms with Crippen molar-refractivity contribution in [3.8, 4) is 0 Å². The second kappa shape index (κ2) is 8.93. The molecule has 11 heteroatoms. The van der Waals surface area contributed by atoms with E-state index in [1.54, 1.807) is 24.3 Å². The van der Waals surface area contributed by atoms with Crippen LogP contribution in [0.3, 0.4) is 0 Å². The number of fused-ring (bicyclic) bond motifs is 1. The minimum absolute atomic E-state index is 0.00367. The molecule has 0 atom stereocenters. The fourth-order valence-corrected chi connectivity index (χ4v) is 4.44. The number of hydrogen-bond donors (Lipinski definition) is 2. The minimum Gasteiger partial charge on any atom is -0.324 e. The molecular formula is C18H18Cl2N4O3S2. The average Bonchev–Trinajstić information content (AvgIpc) is 2.99. The number of rotatable bonds is 7. The molecule has 0 fully saturated rings. The maximum atomic E-state index is 12.4. The molecule has 1 heterocycles. The molecule has 0 aliphatic rings. The van der Waals surface area contributed by atoms with Crippen molar-refractivity contribution >= 4 is 67.6 Å². The Morgan fingerprint density at radius 2 is 2.00 bits per heavy atom. The standard InChI is InChI=1S/C18H18Cl2N4O3S2/c1-2-7-24-16-6-4-12(29(21,26)27)9-15(16)23-18(24)28-10-17(25)22-14-8-11(19)3-5-13(14)20/h3-6,8-9H,2,7,10H2,1H3,(H,22,25)(H2,21,26,27). The first-order valence-electron chi connectivity index (χ1n) is 8.60. The Hall–Kier alpha value is -1.78. The number of nitrogens with two attached hydrogens (primary N) is 1. The molecule has 29 heavy (non-hydrogen) atoms. The Bertz CT molecular complexity index is 1180. The fraction of sp³-hybridized carbons (Fsp3) is 0.222. The van der Waals surface area contributed by atoms with Crippen molar-refractivity contribution in [3.63, 3.8) is 0 Å². The van der Waals surface area contributed by atoms with Crippen molar-refractivity contribution in [2.75, 3.05) is 11.1 Å². The summed E-state index contributed by atoms with van der Waals surface area (Å²) in [5.41, 5.74) is 1.72. The lowest BCUT2D eigenvalue weighted by molar-refractivity contribution is -0.113. The van der Waals surface area contributed by atoms with Gasteiger partial charge in [0.25, 0.3) is 0 Å². The zero-order valence-electron chi connectivity index (χ0n) is 15.4. The number of halogens is 2.